The molecule has 4 rings (SSSR count). The van der Waals surface area contributed by atoms with Gasteiger partial charge in [-0.05, 0) is 86.0 Å². The van der Waals surface area contributed by atoms with Crippen molar-refractivity contribution in [3.05, 3.63) is 11.6 Å². The topological polar surface area (TPSA) is 37.3 Å². The van der Waals surface area contributed by atoms with E-state index in [4.69, 9.17) is 0 Å². The predicted molar refractivity (Wildman–Crippen MR) is 91.9 cm³/mol. The number of carbonyl (C=O) groups is 1. The van der Waals surface area contributed by atoms with E-state index in [2.05, 4.69) is 27.7 Å². The summed E-state index contributed by atoms with van der Waals surface area (Å²) in [7, 11) is 0. The summed E-state index contributed by atoms with van der Waals surface area (Å²) < 4.78 is 0. The van der Waals surface area contributed by atoms with Crippen LogP contribution in [0.3, 0.4) is 0 Å². The van der Waals surface area contributed by atoms with E-state index in [0.717, 1.165) is 31.6 Å². The molecule has 0 amide bonds. The van der Waals surface area contributed by atoms with Crippen LogP contribution in [0.15, 0.2) is 11.6 Å². The van der Waals surface area contributed by atoms with Crippen molar-refractivity contribution < 1.29 is 9.90 Å². The quantitative estimate of drug-likeness (QED) is 0.713. The van der Waals surface area contributed by atoms with Gasteiger partial charge in [-0.25, -0.2) is 0 Å². The molecule has 4 aliphatic carbocycles. The van der Waals surface area contributed by atoms with Crippen LogP contribution in [-0.2, 0) is 4.79 Å². The molecule has 23 heavy (non-hydrogen) atoms. The minimum atomic E-state index is -0.495. The third-order valence-corrected chi connectivity index (χ3v) is 8.84. The highest BCUT2D eigenvalue weighted by Gasteiger charge is 2.63. The molecule has 0 radical (unpaired) electrons. The Labute approximate surface area is 140 Å². The Kier molecular flexibility index (Phi) is 3.25. The molecular formula is C21H32O2. The third kappa shape index (κ3) is 1.94. The summed E-state index contributed by atoms with van der Waals surface area (Å²) >= 11 is 0. The molecule has 3 saturated carbocycles. The Morgan fingerprint density at radius 2 is 1.78 bits per heavy atom. The zero-order chi connectivity index (χ0) is 16.6. The molecule has 1 N–H and O–H groups in total. The van der Waals surface area contributed by atoms with E-state index in [9.17, 15) is 9.90 Å². The van der Waals surface area contributed by atoms with Gasteiger partial charge in [-0.2, -0.15) is 0 Å². The number of hydrogen-bond donors (Lipinski definition) is 1. The summed E-state index contributed by atoms with van der Waals surface area (Å²) in [6.07, 6.45) is 9.52. The highest BCUT2D eigenvalue weighted by Crippen LogP contribution is 2.68. The minimum Gasteiger partial charge on any atom is -0.390 e. The largest absolute Gasteiger partial charge is 0.390 e. The molecule has 2 nitrogen and oxygen atoms in total. The maximum atomic E-state index is 12.0. The number of allylic oxidation sites excluding steroid dienone is 1. The summed E-state index contributed by atoms with van der Waals surface area (Å²) in [5.74, 6) is 2.97. The predicted octanol–water partition coefficient (Wildman–Crippen LogP) is 4.52. The molecule has 0 spiro atoms. The van der Waals surface area contributed by atoms with Crippen LogP contribution < -0.4 is 0 Å². The Morgan fingerprint density at radius 3 is 2.52 bits per heavy atom. The normalized spacial score (nSPS) is 55.7. The van der Waals surface area contributed by atoms with Crippen LogP contribution in [0.1, 0.15) is 72.6 Å². The molecule has 0 saturated heterocycles. The van der Waals surface area contributed by atoms with Gasteiger partial charge in [0.25, 0.3) is 0 Å². The van der Waals surface area contributed by atoms with Gasteiger partial charge < -0.3 is 5.11 Å². The standard InChI is InChI=1S/C21H32O2/c1-13-11-15-16(19(2)8-5-14(22)12-18(13)19)6-9-20(3)17(15)7-10-21(20,4)23/h12-13,15-17,23H,5-11H2,1-4H3/t13-,15?,16-,17-,19+,20-,21-/m0/s1. The van der Waals surface area contributed by atoms with Crippen LogP contribution in [0.25, 0.3) is 0 Å². The third-order valence-electron chi connectivity index (χ3n) is 8.84. The summed E-state index contributed by atoms with van der Waals surface area (Å²) in [6.45, 7) is 9.20. The Hall–Kier alpha value is -0.630. The second-order valence-electron chi connectivity index (χ2n) is 9.77. The fourth-order valence-electron chi connectivity index (χ4n) is 7.23. The second kappa shape index (κ2) is 4.71. The summed E-state index contributed by atoms with van der Waals surface area (Å²) in [4.78, 5) is 12.0. The lowest BCUT2D eigenvalue weighted by molar-refractivity contribution is -0.127. The number of aliphatic hydroxyl groups is 1. The monoisotopic (exact) mass is 316 g/mol. The SMILES string of the molecule is C[C@H]1CC2[C@H](CC[C@@]3(C)[C@H]2CC[C@]3(C)O)[C@@]2(C)CCC(=O)C=C12. The molecule has 4 aliphatic rings. The van der Waals surface area contributed by atoms with Crippen molar-refractivity contribution in [3.63, 3.8) is 0 Å². The molecule has 0 aromatic rings. The van der Waals surface area contributed by atoms with Crippen molar-refractivity contribution in [3.8, 4) is 0 Å². The molecule has 7 atom stereocenters. The second-order valence-corrected chi connectivity index (χ2v) is 9.77. The van der Waals surface area contributed by atoms with Gasteiger partial charge in [0.1, 0.15) is 0 Å². The fourth-order valence-corrected chi connectivity index (χ4v) is 7.23. The van der Waals surface area contributed by atoms with Crippen molar-refractivity contribution in [2.45, 2.75) is 78.2 Å². The number of carbonyl (C=O) groups excluding carboxylic acids is 1. The molecule has 1 unspecified atom stereocenters. The lowest BCUT2D eigenvalue weighted by Crippen LogP contribution is -2.55. The van der Waals surface area contributed by atoms with Crippen LogP contribution in [0.5, 0.6) is 0 Å². The molecule has 2 heteroatoms. The van der Waals surface area contributed by atoms with Gasteiger partial charge in [-0.1, -0.05) is 26.3 Å². The fraction of sp³-hybridized carbons (Fsp3) is 0.857. The Morgan fingerprint density at radius 1 is 1.09 bits per heavy atom. The maximum absolute atomic E-state index is 12.0. The van der Waals surface area contributed by atoms with Gasteiger partial charge >= 0.3 is 0 Å². The number of hydrogen-bond acceptors (Lipinski definition) is 2. The van der Waals surface area contributed by atoms with E-state index in [1.54, 1.807) is 0 Å². The summed E-state index contributed by atoms with van der Waals surface area (Å²) in [5.41, 5.74) is 1.27. The summed E-state index contributed by atoms with van der Waals surface area (Å²) in [6, 6.07) is 0. The molecule has 0 bridgehead atoms. The summed E-state index contributed by atoms with van der Waals surface area (Å²) in [5, 5.41) is 11.0. The van der Waals surface area contributed by atoms with Gasteiger partial charge in [-0.3, -0.25) is 4.79 Å². The van der Waals surface area contributed by atoms with E-state index in [1.165, 1.54) is 24.8 Å². The van der Waals surface area contributed by atoms with Crippen LogP contribution >= 0.6 is 0 Å². The van der Waals surface area contributed by atoms with Crippen molar-refractivity contribution in [1.29, 1.82) is 0 Å². The molecule has 0 aromatic heterocycles. The Balaban J connectivity index is 1.74. The van der Waals surface area contributed by atoms with E-state index < -0.39 is 5.60 Å². The molecule has 128 valence electrons. The van der Waals surface area contributed by atoms with E-state index >= 15 is 0 Å². The number of ketones is 1. The van der Waals surface area contributed by atoms with E-state index in [0.29, 0.717) is 23.5 Å². The number of rotatable bonds is 0. The first kappa shape index (κ1) is 15.9. The Bertz CT molecular complexity index is 574. The lowest BCUT2D eigenvalue weighted by atomic mass is 9.45. The van der Waals surface area contributed by atoms with Crippen LogP contribution in [0, 0.1) is 34.5 Å². The smallest absolute Gasteiger partial charge is 0.155 e. The highest BCUT2D eigenvalue weighted by atomic mass is 16.3. The van der Waals surface area contributed by atoms with Gasteiger partial charge in [0.15, 0.2) is 5.78 Å². The van der Waals surface area contributed by atoms with Crippen LogP contribution in [-0.4, -0.2) is 16.5 Å². The lowest BCUT2D eigenvalue weighted by Gasteiger charge is -2.60. The molecular weight excluding hydrogens is 284 g/mol. The van der Waals surface area contributed by atoms with Gasteiger partial charge in [0, 0.05) is 6.42 Å². The van der Waals surface area contributed by atoms with E-state index in [1.807, 2.05) is 6.08 Å². The maximum Gasteiger partial charge on any atom is 0.155 e. The average Bonchev–Trinajstić information content (AvgIpc) is 2.72. The van der Waals surface area contributed by atoms with E-state index in [-0.39, 0.29) is 10.8 Å². The highest BCUT2D eigenvalue weighted by molar-refractivity contribution is 5.91. The minimum absolute atomic E-state index is 0.0932. The van der Waals surface area contributed by atoms with Crippen molar-refractivity contribution in [2.24, 2.45) is 34.5 Å². The average molecular weight is 316 g/mol. The zero-order valence-corrected chi connectivity index (χ0v) is 15.2. The van der Waals surface area contributed by atoms with Crippen molar-refractivity contribution >= 4 is 5.78 Å². The van der Waals surface area contributed by atoms with Crippen molar-refractivity contribution in [2.75, 3.05) is 0 Å². The van der Waals surface area contributed by atoms with Gasteiger partial charge in [0.2, 0.25) is 0 Å². The molecule has 3 fully saturated rings. The van der Waals surface area contributed by atoms with Gasteiger partial charge in [0.05, 0.1) is 5.60 Å². The molecule has 0 heterocycles. The first-order chi connectivity index (χ1) is 10.7. The zero-order valence-electron chi connectivity index (χ0n) is 15.2. The molecule has 0 aliphatic heterocycles. The van der Waals surface area contributed by atoms with Gasteiger partial charge in [-0.15, -0.1) is 0 Å². The first-order valence-corrected chi connectivity index (χ1v) is 9.66. The molecule has 0 aromatic carbocycles. The van der Waals surface area contributed by atoms with Crippen molar-refractivity contribution in [1.82, 2.24) is 0 Å². The van der Waals surface area contributed by atoms with Crippen LogP contribution in [0.4, 0.5) is 0 Å². The number of fused-ring (bicyclic) bond motifs is 5. The first-order valence-electron chi connectivity index (χ1n) is 9.66. The van der Waals surface area contributed by atoms with Crippen LogP contribution in [0.2, 0.25) is 0 Å².